The van der Waals surface area contributed by atoms with Crippen molar-refractivity contribution in [3.63, 3.8) is 0 Å². The summed E-state index contributed by atoms with van der Waals surface area (Å²) in [5.41, 5.74) is 0. The van der Waals surface area contributed by atoms with Crippen molar-refractivity contribution >= 4 is 0 Å². The molecular formula is C16H22. The molecule has 0 radical (unpaired) electrons. The summed E-state index contributed by atoms with van der Waals surface area (Å²) in [4.78, 5) is 0. The van der Waals surface area contributed by atoms with Gasteiger partial charge in [0.05, 0.1) is 0 Å². The van der Waals surface area contributed by atoms with Crippen molar-refractivity contribution < 1.29 is 0 Å². The molecule has 0 heteroatoms. The van der Waals surface area contributed by atoms with Gasteiger partial charge in [0.1, 0.15) is 0 Å². The van der Waals surface area contributed by atoms with E-state index in [1.165, 1.54) is 12.8 Å². The van der Waals surface area contributed by atoms with Crippen LogP contribution < -0.4 is 0 Å². The molecule has 0 heterocycles. The monoisotopic (exact) mass is 214 g/mol. The number of hydrogen-bond donors (Lipinski definition) is 0. The SMILES string of the molecule is C=CCC1C2C[C@@H](C1C)C1C3C=CC(C3)C21. The Morgan fingerprint density at radius 2 is 1.81 bits per heavy atom. The fourth-order valence-electron chi connectivity index (χ4n) is 6.05. The van der Waals surface area contributed by atoms with E-state index in [2.05, 4.69) is 31.7 Å². The molecule has 86 valence electrons. The maximum absolute atomic E-state index is 3.96. The lowest BCUT2D eigenvalue weighted by Gasteiger charge is -2.40. The minimum absolute atomic E-state index is 0.963. The number of allylic oxidation sites excluding steroid dienone is 3. The second-order valence-corrected chi connectivity index (χ2v) is 6.71. The molecule has 4 bridgehead atoms. The first-order valence-electron chi connectivity index (χ1n) is 7.10. The highest BCUT2D eigenvalue weighted by Crippen LogP contribution is 2.69. The zero-order chi connectivity index (χ0) is 10.9. The van der Waals surface area contributed by atoms with Crippen LogP contribution in [0.25, 0.3) is 0 Å². The van der Waals surface area contributed by atoms with Crippen LogP contribution in [0, 0.1) is 47.3 Å². The number of hydrogen-bond acceptors (Lipinski definition) is 0. The third-order valence-electron chi connectivity index (χ3n) is 6.46. The van der Waals surface area contributed by atoms with Crippen molar-refractivity contribution in [1.82, 2.24) is 0 Å². The molecule has 0 N–H and O–H groups in total. The van der Waals surface area contributed by atoms with Crippen molar-refractivity contribution in [2.24, 2.45) is 47.3 Å². The third kappa shape index (κ3) is 0.931. The Bertz CT molecular complexity index is 353. The average Bonchev–Trinajstić information content (AvgIpc) is 2.97. The Labute approximate surface area is 98.8 Å². The molecule has 3 fully saturated rings. The van der Waals surface area contributed by atoms with Gasteiger partial charge in [-0.3, -0.25) is 0 Å². The van der Waals surface area contributed by atoms with Gasteiger partial charge < -0.3 is 0 Å². The van der Waals surface area contributed by atoms with Gasteiger partial charge in [-0.05, 0) is 66.6 Å². The average molecular weight is 214 g/mol. The van der Waals surface area contributed by atoms with E-state index in [1.807, 2.05) is 0 Å². The van der Waals surface area contributed by atoms with E-state index in [0.717, 1.165) is 47.3 Å². The molecule has 7 unspecified atom stereocenters. The van der Waals surface area contributed by atoms with Crippen LogP contribution >= 0.6 is 0 Å². The van der Waals surface area contributed by atoms with Crippen molar-refractivity contribution in [1.29, 1.82) is 0 Å². The Hall–Kier alpha value is -0.520. The first-order chi connectivity index (χ1) is 7.81. The van der Waals surface area contributed by atoms with E-state index in [9.17, 15) is 0 Å². The van der Waals surface area contributed by atoms with E-state index in [1.54, 1.807) is 6.42 Å². The summed E-state index contributed by atoms with van der Waals surface area (Å²) >= 11 is 0. The van der Waals surface area contributed by atoms with E-state index in [0.29, 0.717) is 0 Å². The molecule has 0 aromatic heterocycles. The molecule has 16 heavy (non-hydrogen) atoms. The molecule has 3 saturated carbocycles. The minimum atomic E-state index is 0.963. The summed E-state index contributed by atoms with van der Waals surface area (Å²) in [7, 11) is 0. The van der Waals surface area contributed by atoms with E-state index in [4.69, 9.17) is 0 Å². The third-order valence-corrected chi connectivity index (χ3v) is 6.46. The highest BCUT2D eigenvalue weighted by molar-refractivity contribution is 5.21. The van der Waals surface area contributed by atoms with Gasteiger partial charge in [-0.25, -0.2) is 0 Å². The molecule has 0 amide bonds. The van der Waals surface area contributed by atoms with E-state index in [-0.39, 0.29) is 0 Å². The van der Waals surface area contributed by atoms with Crippen LogP contribution in [-0.4, -0.2) is 0 Å². The lowest BCUT2D eigenvalue weighted by atomic mass is 9.64. The predicted octanol–water partition coefficient (Wildman–Crippen LogP) is 3.90. The fourth-order valence-corrected chi connectivity index (χ4v) is 6.05. The largest absolute Gasteiger partial charge is 0.103 e. The summed E-state index contributed by atoms with van der Waals surface area (Å²) in [6.45, 7) is 6.48. The maximum Gasteiger partial charge on any atom is -0.0194 e. The second kappa shape index (κ2) is 3.03. The maximum atomic E-state index is 3.96. The van der Waals surface area contributed by atoms with Gasteiger partial charge in [-0.1, -0.05) is 25.2 Å². The predicted molar refractivity (Wildman–Crippen MR) is 66.8 cm³/mol. The number of rotatable bonds is 2. The van der Waals surface area contributed by atoms with Gasteiger partial charge in [0.25, 0.3) is 0 Å². The first-order valence-corrected chi connectivity index (χ1v) is 7.10. The van der Waals surface area contributed by atoms with Gasteiger partial charge in [0.15, 0.2) is 0 Å². The van der Waals surface area contributed by atoms with Crippen molar-refractivity contribution in [3.05, 3.63) is 24.8 Å². The summed E-state index contributed by atoms with van der Waals surface area (Å²) in [5, 5.41) is 0. The normalized spacial score (nSPS) is 60.6. The molecule has 0 saturated heterocycles. The smallest absolute Gasteiger partial charge is 0.0194 e. The Balaban J connectivity index is 1.69. The van der Waals surface area contributed by atoms with Crippen molar-refractivity contribution in [3.8, 4) is 0 Å². The van der Waals surface area contributed by atoms with E-state index < -0.39 is 0 Å². The molecule has 0 aliphatic heterocycles. The molecule has 0 spiro atoms. The van der Waals surface area contributed by atoms with Crippen LogP contribution in [0.4, 0.5) is 0 Å². The second-order valence-electron chi connectivity index (χ2n) is 6.71. The molecular weight excluding hydrogens is 192 g/mol. The minimum Gasteiger partial charge on any atom is -0.103 e. The summed E-state index contributed by atoms with van der Waals surface area (Å²) in [5.74, 6) is 8.12. The highest BCUT2D eigenvalue weighted by Gasteiger charge is 2.62. The fraction of sp³-hybridized carbons (Fsp3) is 0.750. The summed E-state index contributed by atoms with van der Waals surface area (Å²) < 4.78 is 0. The molecule has 4 aliphatic carbocycles. The van der Waals surface area contributed by atoms with Gasteiger partial charge in [-0.2, -0.15) is 0 Å². The first kappa shape index (κ1) is 9.50. The Kier molecular flexibility index (Phi) is 1.80. The zero-order valence-electron chi connectivity index (χ0n) is 10.2. The van der Waals surface area contributed by atoms with Gasteiger partial charge in [-0.15, -0.1) is 6.58 Å². The van der Waals surface area contributed by atoms with Gasteiger partial charge >= 0.3 is 0 Å². The Morgan fingerprint density at radius 1 is 1.12 bits per heavy atom. The lowest BCUT2D eigenvalue weighted by Crippen LogP contribution is -2.35. The lowest BCUT2D eigenvalue weighted by molar-refractivity contribution is 0.0992. The van der Waals surface area contributed by atoms with Crippen LogP contribution in [0.1, 0.15) is 26.2 Å². The van der Waals surface area contributed by atoms with Crippen molar-refractivity contribution in [2.45, 2.75) is 26.2 Å². The van der Waals surface area contributed by atoms with Crippen LogP contribution in [0.5, 0.6) is 0 Å². The van der Waals surface area contributed by atoms with Gasteiger partial charge in [0, 0.05) is 0 Å². The zero-order valence-corrected chi connectivity index (χ0v) is 10.2. The molecule has 0 nitrogen and oxygen atoms in total. The summed E-state index contributed by atoms with van der Waals surface area (Å²) in [6.07, 6.45) is 11.6. The molecule has 0 aromatic rings. The molecule has 0 aromatic carbocycles. The van der Waals surface area contributed by atoms with Crippen LogP contribution in [0.3, 0.4) is 0 Å². The van der Waals surface area contributed by atoms with Crippen LogP contribution in [-0.2, 0) is 0 Å². The van der Waals surface area contributed by atoms with E-state index >= 15 is 0 Å². The number of fused-ring (bicyclic) bond motifs is 9. The quantitative estimate of drug-likeness (QED) is 0.483. The molecule has 4 aliphatic rings. The van der Waals surface area contributed by atoms with Gasteiger partial charge in [0.2, 0.25) is 0 Å². The topological polar surface area (TPSA) is 0 Å². The standard InChI is InChI=1S/C16H22/c1-3-4-12-9(2)13-8-14(12)16-11-6-5-10(7-11)15(13)16/h3,5-6,9-16H,1,4,7-8H2,2H3/t9?,10?,11?,12?,13-,14?,15?,16?/m0/s1. The van der Waals surface area contributed by atoms with Crippen LogP contribution in [0.15, 0.2) is 24.8 Å². The Morgan fingerprint density at radius 3 is 2.50 bits per heavy atom. The van der Waals surface area contributed by atoms with Crippen molar-refractivity contribution in [2.75, 3.05) is 0 Å². The highest BCUT2D eigenvalue weighted by atomic mass is 14.7. The molecule has 8 atom stereocenters. The summed E-state index contributed by atoms with van der Waals surface area (Å²) in [6, 6.07) is 0. The molecule has 4 rings (SSSR count). The van der Waals surface area contributed by atoms with Crippen LogP contribution in [0.2, 0.25) is 0 Å².